The number of carbonyl (C=O) groups is 2. The van der Waals surface area contributed by atoms with Crippen LogP contribution in [0.25, 0.3) is 0 Å². The molecule has 0 saturated carbocycles. The maximum atomic E-state index is 9.99. The van der Waals surface area contributed by atoms with Crippen molar-refractivity contribution in [3.05, 3.63) is 0 Å². The molecule has 0 spiro atoms. The first kappa shape index (κ1) is 31.1. The van der Waals surface area contributed by atoms with E-state index >= 15 is 0 Å². The van der Waals surface area contributed by atoms with E-state index < -0.39 is 18.0 Å². The average molecular weight is 430 g/mol. The van der Waals surface area contributed by atoms with Gasteiger partial charge in [0, 0.05) is 6.42 Å². The second-order valence-electron chi connectivity index (χ2n) is 9.01. The molecular formula is C25H51NO4. The Hall–Kier alpha value is -1.10. The van der Waals surface area contributed by atoms with E-state index in [9.17, 15) is 9.59 Å². The third-order valence-electron chi connectivity index (χ3n) is 5.37. The van der Waals surface area contributed by atoms with E-state index in [4.69, 9.17) is 15.9 Å². The Morgan fingerprint density at radius 3 is 1.33 bits per heavy atom. The number of unbranched alkanes of at least 4 members (excludes halogenated alkanes) is 14. The monoisotopic (exact) mass is 429 g/mol. The molecule has 0 unspecified atom stereocenters. The first-order valence-electron chi connectivity index (χ1n) is 12.5. The highest BCUT2D eigenvalue weighted by atomic mass is 16.4. The van der Waals surface area contributed by atoms with Crippen molar-refractivity contribution in [3.63, 3.8) is 0 Å². The van der Waals surface area contributed by atoms with Crippen molar-refractivity contribution in [2.45, 2.75) is 142 Å². The number of rotatable bonds is 20. The van der Waals surface area contributed by atoms with Crippen LogP contribution in [0.15, 0.2) is 0 Å². The van der Waals surface area contributed by atoms with Crippen LogP contribution in [-0.2, 0) is 9.59 Å². The Balaban J connectivity index is 0. The van der Waals surface area contributed by atoms with Crippen LogP contribution in [0.4, 0.5) is 0 Å². The molecule has 5 heteroatoms. The zero-order valence-electron chi connectivity index (χ0n) is 20.2. The number of carboxylic acid groups (broad SMARTS) is 2. The van der Waals surface area contributed by atoms with Crippen molar-refractivity contribution >= 4 is 11.9 Å². The smallest absolute Gasteiger partial charge is 0.320 e. The molecule has 0 amide bonds. The third kappa shape index (κ3) is 29.1. The summed E-state index contributed by atoms with van der Waals surface area (Å²) in [6.45, 7) is 6.97. The van der Waals surface area contributed by atoms with Gasteiger partial charge >= 0.3 is 11.9 Å². The largest absolute Gasteiger partial charge is 0.481 e. The van der Waals surface area contributed by atoms with Crippen LogP contribution in [0, 0.1) is 5.92 Å². The minimum atomic E-state index is -1.17. The third-order valence-corrected chi connectivity index (χ3v) is 5.37. The molecule has 0 aliphatic heterocycles. The van der Waals surface area contributed by atoms with Crippen LogP contribution in [0.3, 0.4) is 0 Å². The molecular weight excluding hydrogens is 378 g/mol. The number of hydrogen-bond donors (Lipinski definition) is 3. The molecule has 5 nitrogen and oxygen atoms in total. The van der Waals surface area contributed by atoms with Gasteiger partial charge in [0.1, 0.15) is 6.04 Å². The van der Waals surface area contributed by atoms with Gasteiger partial charge in [-0.2, -0.15) is 0 Å². The number of aliphatic carboxylic acids is 2. The lowest BCUT2D eigenvalue weighted by Gasteiger charge is -2.05. The summed E-state index contributed by atoms with van der Waals surface area (Å²) in [4.78, 5) is 19.9. The highest BCUT2D eigenvalue weighted by Gasteiger charge is 2.12. The number of carboxylic acids is 2. The average Bonchev–Trinajstić information content (AvgIpc) is 2.69. The zero-order chi connectivity index (χ0) is 23.0. The molecule has 0 heterocycles. The van der Waals surface area contributed by atoms with Crippen LogP contribution in [0.2, 0.25) is 0 Å². The second-order valence-corrected chi connectivity index (χ2v) is 9.01. The van der Waals surface area contributed by atoms with E-state index in [0.29, 0.717) is 0 Å². The summed E-state index contributed by atoms with van der Waals surface area (Å²) in [7, 11) is 0. The van der Waals surface area contributed by atoms with Gasteiger partial charge in [-0.15, -0.1) is 0 Å². The summed E-state index contributed by atoms with van der Waals surface area (Å²) < 4.78 is 0. The van der Waals surface area contributed by atoms with Gasteiger partial charge in [-0.05, 0) is 12.3 Å². The van der Waals surface area contributed by atoms with Gasteiger partial charge < -0.3 is 15.9 Å². The fourth-order valence-corrected chi connectivity index (χ4v) is 3.33. The summed E-state index contributed by atoms with van der Waals surface area (Å²) in [5.41, 5.74) is 5.00. The van der Waals surface area contributed by atoms with Crippen LogP contribution in [0.5, 0.6) is 0 Å². The van der Waals surface area contributed by atoms with E-state index in [1.54, 1.807) is 0 Å². The molecule has 0 aliphatic carbocycles. The SMILES string of the molecule is CCCCCCCCCCCCCCCCCC(C)C.N[C@@H](CCC(=O)O)C(=O)O. The van der Waals surface area contributed by atoms with Crippen molar-refractivity contribution in [2.75, 3.05) is 0 Å². The topological polar surface area (TPSA) is 101 Å². The Bertz CT molecular complexity index is 385. The first-order valence-corrected chi connectivity index (χ1v) is 12.5. The van der Waals surface area contributed by atoms with Gasteiger partial charge in [-0.1, -0.05) is 124 Å². The molecule has 0 aromatic carbocycles. The summed E-state index contributed by atoms with van der Waals surface area (Å²) in [6, 6.07) is -1.06. The second kappa shape index (κ2) is 24.2. The van der Waals surface area contributed by atoms with Gasteiger partial charge in [-0.3, -0.25) is 9.59 Å². The minimum Gasteiger partial charge on any atom is -0.481 e. The Morgan fingerprint density at radius 1 is 0.667 bits per heavy atom. The molecule has 0 saturated heterocycles. The molecule has 0 rings (SSSR count). The molecule has 180 valence electrons. The highest BCUT2D eigenvalue weighted by Crippen LogP contribution is 2.14. The molecule has 0 aliphatic rings. The first-order chi connectivity index (χ1) is 14.3. The summed E-state index contributed by atoms with van der Waals surface area (Å²) in [5, 5.41) is 16.3. The summed E-state index contributed by atoms with van der Waals surface area (Å²) in [6.07, 6.45) is 23.2. The van der Waals surface area contributed by atoms with E-state index in [-0.39, 0.29) is 12.8 Å². The molecule has 4 N–H and O–H groups in total. The molecule has 0 radical (unpaired) electrons. The van der Waals surface area contributed by atoms with Crippen molar-refractivity contribution in [2.24, 2.45) is 11.7 Å². The lowest BCUT2D eigenvalue weighted by Crippen LogP contribution is -2.30. The molecule has 0 aromatic heterocycles. The van der Waals surface area contributed by atoms with Gasteiger partial charge in [-0.25, -0.2) is 0 Å². The zero-order valence-corrected chi connectivity index (χ0v) is 20.2. The molecule has 0 bridgehead atoms. The Morgan fingerprint density at radius 2 is 1.03 bits per heavy atom. The van der Waals surface area contributed by atoms with Crippen LogP contribution < -0.4 is 5.73 Å². The Labute approximate surface area is 186 Å². The van der Waals surface area contributed by atoms with Gasteiger partial charge in [0.05, 0.1) is 0 Å². The maximum Gasteiger partial charge on any atom is 0.320 e. The number of nitrogens with two attached hydrogens (primary N) is 1. The van der Waals surface area contributed by atoms with Crippen molar-refractivity contribution in [1.29, 1.82) is 0 Å². The molecule has 0 aromatic rings. The lowest BCUT2D eigenvalue weighted by atomic mass is 10.0. The maximum absolute atomic E-state index is 9.99. The van der Waals surface area contributed by atoms with E-state index in [0.717, 1.165) is 5.92 Å². The summed E-state index contributed by atoms with van der Waals surface area (Å²) >= 11 is 0. The molecule has 1 atom stereocenters. The van der Waals surface area contributed by atoms with E-state index in [1.165, 1.54) is 103 Å². The van der Waals surface area contributed by atoms with E-state index in [2.05, 4.69) is 20.8 Å². The van der Waals surface area contributed by atoms with Crippen LogP contribution in [0.1, 0.15) is 136 Å². The molecule has 30 heavy (non-hydrogen) atoms. The standard InChI is InChI=1S/C20H42.C5H9NO4/c1-4-5-6-7-8-9-10-11-12-13-14-15-16-17-18-19-20(2)3;6-3(5(9)10)1-2-4(7)8/h20H,4-19H2,1-3H3;3H,1-2,6H2,(H,7,8)(H,9,10)/t;3-/m.0/s1. The molecule has 0 fully saturated rings. The highest BCUT2D eigenvalue weighted by molar-refractivity contribution is 5.74. The number of hydrogen-bond acceptors (Lipinski definition) is 3. The van der Waals surface area contributed by atoms with Gasteiger partial charge in [0.2, 0.25) is 0 Å². The normalized spacial score (nSPS) is 11.8. The minimum absolute atomic E-state index is 0.0231. The fraction of sp³-hybridized carbons (Fsp3) is 0.920. The summed E-state index contributed by atoms with van der Waals surface area (Å²) in [5.74, 6) is -1.30. The van der Waals surface area contributed by atoms with Crippen molar-refractivity contribution in [1.82, 2.24) is 0 Å². The predicted octanol–water partition coefficient (Wildman–Crippen LogP) is 7.17. The van der Waals surface area contributed by atoms with Crippen LogP contribution in [-0.4, -0.2) is 28.2 Å². The fourth-order valence-electron chi connectivity index (χ4n) is 3.33. The Kier molecular flexibility index (Phi) is 25.0. The van der Waals surface area contributed by atoms with Crippen LogP contribution >= 0.6 is 0 Å². The van der Waals surface area contributed by atoms with Gasteiger partial charge in [0.15, 0.2) is 0 Å². The van der Waals surface area contributed by atoms with Gasteiger partial charge in [0.25, 0.3) is 0 Å². The quantitative estimate of drug-likeness (QED) is 0.178. The van der Waals surface area contributed by atoms with E-state index in [1.807, 2.05) is 0 Å². The lowest BCUT2D eigenvalue weighted by molar-refractivity contribution is -0.139. The van der Waals surface area contributed by atoms with Crippen molar-refractivity contribution < 1.29 is 19.8 Å². The van der Waals surface area contributed by atoms with Crippen molar-refractivity contribution in [3.8, 4) is 0 Å². The predicted molar refractivity (Wildman–Crippen MR) is 127 cm³/mol.